The van der Waals surface area contributed by atoms with Gasteiger partial charge in [0.05, 0.1) is 6.26 Å². The van der Waals surface area contributed by atoms with Crippen molar-refractivity contribution in [2.75, 3.05) is 19.3 Å². The van der Waals surface area contributed by atoms with Gasteiger partial charge in [0, 0.05) is 12.1 Å². The van der Waals surface area contributed by atoms with Crippen molar-refractivity contribution in [3.63, 3.8) is 0 Å². The van der Waals surface area contributed by atoms with Crippen molar-refractivity contribution in [1.82, 2.24) is 4.90 Å². The SMILES string of the molecule is Cc1occc1CN(C)CCCCS. The molecule has 0 spiro atoms. The van der Waals surface area contributed by atoms with Gasteiger partial charge >= 0.3 is 0 Å². The number of unbranched alkanes of at least 4 members (excludes halogenated alkanes) is 1. The molecule has 3 heteroatoms. The fourth-order valence-corrected chi connectivity index (χ4v) is 1.66. The topological polar surface area (TPSA) is 16.4 Å². The van der Waals surface area contributed by atoms with Crippen LogP contribution in [0.3, 0.4) is 0 Å². The van der Waals surface area contributed by atoms with Crippen molar-refractivity contribution in [2.45, 2.75) is 26.3 Å². The number of aryl methyl sites for hydroxylation is 1. The number of rotatable bonds is 6. The average Bonchev–Trinajstić information content (AvgIpc) is 2.52. The molecule has 0 aliphatic rings. The van der Waals surface area contributed by atoms with E-state index < -0.39 is 0 Å². The minimum absolute atomic E-state index is 0.981. The molecule has 1 heterocycles. The molecule has 1 aromatic rings. The van der Waals surface area contributed by atoms with Crippen LogP contribution in [0.5, 0.6) is 0 Å². The second-order valence-corrected chi connectivity index (χ2v) is 4.12. The molecular formula is C11H19NOS. The first-order valence-corrected chi connectivity index (χ1v) is 5.69. The first-order chi connectivity index (χ1) is 6.74. The van der Waals surface area contributed by atoms with Gasteiger partial charge in [-0.1, -0.05) is 0 Å². The van der Waals surface area contributed by atoms with Crippen molar-refractivity contribution in [3.05, 3.63) is 23.7 Å². The Hall–Kier alpha value is -0.410. The zero-order valence-corrected chi connectivity index (χ0v) is 9.89. The molecule has 0 amide bonds. The quantitative estimate of drug-likeness (QED) is 0.578. The van der Waals surface area contributed by atoms with Crippen LogP contribution in [0, 0.1) is 6.92 Å². The summed E-state index contributed by atoms with van der Waals surface area (Å²) in [5, 5.41) is 0. The molecule has 1 rings (SSSR count). The Bertz CT molecular complexity index is 260. The normalized spacial score (nSPS) is 11.1. The summed E-state index contributed by atoms with van der Waals surface area (Å²) < 4.78 is 5.25. The summed E-state index contributed by atoms with van der Waals surface area (Å²) in [5.41, 5.74) is 1.29. The summed E-state index contributed by atoms with van der Waals surface area (Å²) in [7, 11) is 2.14. The molecule has 0 aromatic carbocycles. The molecule has 14 heavy (non-hydrogen) atoms. The monoisotopic (exact) mass is 213 g/mol. The first-order valence-electron chi connectivity index (χ1n) is 5.06. The Morgan fingerprint density at radius 1 is 1.43 bits per heavy atom. The minimum atomic E-state index is 0.981. The highest BCUT2D eigenvalue weighted by Crippen LogP contribution is 2.11. The third-order valence-corrected chi connectivity index (χ3v) is 2.67. The predicted octanol–water partition coefficient (Wildman–Crippen LogP) is 2.73. The highest BCUT2D eigenvalue weighted by atomic mass is 32.1. The van der Waals surface area contributed by atoms with E-state index in [4.69, 9.17) is 4.42 Å². The summed E-state index contributed by atoms with van der Waals surface area (Å²) >= 11 is 4.19. The molecule has 0 aliphatic heterocycles. The lowest BCUT2D eigenvalue weighted by Gasteiger charge is -2.15. The molecule has 0 N–H and O–H groups in total. The zero-order valence-electron chi connectivity index (χ0n) is 8.99. The maximum absolute atomic E-state index is 5.25. The van der Waals surface area contributed by atoms with Gasteiger partial charge in [-0.2, -0.15) is 12.6 Å². The van der Waals surface area contributed by atoms with Crippen LogP contribution < -0.4 is 0 Å². The zero-order chi connectivity index (χ0) is 10.4. The number of nitrogens with zero attached hydrogens (tertiary/aromatic N) is 1. The van der Waals surface area contributed by atoms with E-state index in [-0.39, 0.29) is 0 Å². The van der Waals surface area contributed by atoms with E-state index in [0.29, 0.717) is 0 Å². The fourth-order valence-electron chi connectivity index (χ4n) is 1.44. The summed E-state index contributed by atoms with van der Waals surface area (Å²) in [6.45, 7) is 4.12. The lowest BCUT2D eigenvalue weighted by molar-refractivity contribution is 0.318. The number of hydrogen-bond acceptors (Lipinski definition) is 3. The molecule has 0 saturated heterocycles. The Morgan fingerprint density at radius 3 is 2.79 bits per heavy atom. The maximum atomic E-state index is 5.25. The van der Waals surface area contributed by atoms with E-state index >= 15 is 0 Å². The third-order valence-electron chi connectivity index (χ3n) is 2.35. The van der Waals surface area contributed by atoms with Crippen molar-refractivity contribution >= 4 is 12.6 Å². The van der Waals surface area contributed by atoms with E-state index in [1.54, 1.807) is 6.26 Å². The van der Waals surface area contributed by atoms with Crippen molar-refractivity contribution < 1.29 is 4.42 Å². The van der Waals surface area contributed by atoms with Gasteiger partial charge in [-0.25, -0.2) is 0 Å². The van der Waals surface area contributed by atoms with Gasteiger partial charge in [0.2, 0.25) is 0 Å². The van der Waals surface area contributed by atoms with E-state index in [2.05, 4.69) is 24.6 Å². The van der Waals surface area contributed by atoms with Crippen LogP contribution in [-0.2, 0) is 6.54 Å². The molecule has 0 atom stereocenters. The number of furan rings is 1. The molecule has 80 valence electrons. The van der Waals surface area contributed by atoms with E-state index in [0.717, 1.165) is 24.6 Å². The van der Waals surface area contributed by atoms with E-state index in [1.807, 2.05) is 13.0 Å². The Labute approximate surface area is 91.7 Å². The molecule has 0 radical (unpaired) electrons. The maximum Gasteiger partial charge on any atom is 0.105 e. The van der Waals surface area contributed by atoms with Gasteiger partial charge in [0.25, 0.3) is 0 Å². The molecule has 0 aliphatic carbocycles. The summed E-state index contributed by atoms with van der Waals surface area (Å²) in [6, 6.07) is 2.05. The van der Waals surface area contributed by atoms with Crippen LogP contribution in [0.4, 0.5) is 0 Å². The van der Waals surface area contributed by atoms with Crippen LogP contribution >= 0.6 is 12.6 Å². The highest BCUT2D eigenvalue weighted by Gasteiger charge is 2.04. The Kier molecular flexibility index (Phi) is 5.12. The van der Waals surface area contributed by atoms with E-state index in [9.17, 15) is 0 Å². The smallest absolute Gasteiger partial charge is 0.105 e. The summed E-state index contributed by atoms with van der Waals surface area (Å²) in [5.74, 6) is 2.02. The van der Waals surface area contributed by atoms with E-state index in [1.165, 1.54) is 18.4 Å². The second kappa shape index (κ2) is 6.14. The lowest BCUT2D eigenvalue weighted by atomic mass is 10.2. The summed E-state index contributed by atoms with van der Waals surface area (Å²) in [4.78, 5) is 2.32. The standard InChI is InChI=1S/C11H19NOS/c1-10-11(5-7-13-10)9-12(2)6-3-4-8-14/h5,7,14H,3-4,6,8-9H2,1-2H3. The van der Waals surface area contributed by atoms with Crippen molar-refractivity contribution in [2.24, 2.45) is 0 Å². The first kappa shape index (κ1) is 11.7. The Balaban J connectivity index is 2.27. The highest BCUT2D eigenvalue weighted by molar-refractivity contribution is 7.80. The van der Waals surface area contributed by atoms with Gasteiger partial charge in [-0.15, -0.1) is 0 Å². The van der Waals surface area contributed by atoms with Gasteiger partial charge < -0.3 is 9.32 Å². The number of thiol groups is 1. The van der Waals surface area contributed by atoms with Gasteiger partial charge in [0.15, 0.2) is 0 Å². The van der Waals surface area contributed by atoms with Crippen LogP contribution in [0.1, 0.15) is 24.2 Å². The van der Waals surface area contributed by atoms with Crippen molar-refractivity contribution in [3.8, 4) is 0 Å². The van der Waals surface area contributed by atoms with Crippen LogP contribution in [0.25, 0.3) is 0 Å². The molecule has 1 aromatic heterocycles. The van der Waals surface area contributed by atoms with Crippen LogP contribution in [-0.4, -0.2) is 24.2 Å². The van der Waals surface area contributed by atoms with Crippen LogP contribution in [0.2, 0.25) is 0 Å². The largest absolute Gasteiger partial charge is 0.469 e. The molecule has 0 fully saturated rings. The Morgan fingerprint density at radius 2 is 2.21 bits per heavy atom. The predicted molar refractivity (Wildman–Crippen MR) is 62.9 cm³/mol. The van der Waals surface area contributed by atoms with Crippen LogP contribution in [0.15, 0.2) is 16.7 Å². The number of hydrogen-bond donors (Lipinski definition) is 1. The van der Waals surface area contributed by atoms with Gasteiger partial charge in [0.1, 0.15) is 5.76 Å². The average molecular weight is 213 g/mol. The van der Waals surface area contributed by atoms with Gasteiger partial charge in [-0.3, -0.25) is 0 Å². The van der Waals surface area contributed by atoms with Gasteiger partial charge in [-0.05, 0) is 45.2 Å². The third kappa shape index (κ3) is 3.76. The fraction of sp³-hybridized carbons (Fsp3) is 0.636. The second-order valence-electron chi connectivity index (χ2n) is 3.67. The molecule has 0 unspecified atom stereocenters. The molecule has 0 bridgehead atoms. The minimum Gasteiger partial charge on any atom is -0.469 e. The molecular weight excluding hydrogens is 194 g/mol. The van der Waals surface area contributed by atoms with Crippen molar-refractivity contribution in [1.29, 1.82) is 0 Å². The molecule has 2 nitrogen and oxygen atoms in total. The molecule has 0 saturated carbocycles. The lowest BCUT2D eigenvalue weighted by Crippen LogP contribution is -2.19. The summed E-state index contributed by atoms with van der Waals surface area (Å²) in [6.07, 6.45) is 4.17.